The fourth-order valence-electron chi connectivity index (χ4n) is 0.631. The summed E-state index contributed by atoms with van der Waals surface area (Å²) in [5.74, 6) is -0.121. The van der Waals surface area contributed by atoms with Gasteiger partial charge >= 0.3 is 0 Å². The molecule has 0 radical (unpaired) electrons. The van der Waals surface area contributed by atoms with Crippen molar-refractivity contribution in [3.8, 4) is 0 Å². The van der Waals surface area contributed by atoms with Gasteiger partial charge in [-0.3, -0.25) is 4.79 Å². The van der Waals surface area contributed by atoms with Gasteiger partial charge in [-0.25, -0.2) is 0 Å². The van der Waals surface area contributed by atoms with E-state index in [1.54, 1.807) is 18.2 Å². The maximum Gasteiger partial charge on any atom is 0.207 e. The maximum absolute atomic E-state index is 10.8. The van der Waals surface area contributed by atoms with E-state index in [2.05, 4.69) is 9.99 Å². The van der Waals surface area contributed by atoms with Gasteiger partial charge in [0.1, 0.15) is 12.8 Å². The van der Waals surface area contributed by atoms with E-state index in [1.165, 1.54) is 13.2 Å². The number of nitrogens with zero attached hydrogens (tertiary/aromatic N) is 1. The van der Waals surface area contributed by atoms with E-state index in [0.29, 0.717) is 5.71 Å². The van der Waals surface area contributed by atoms with Crippen molar-refractivity contribution in [2.45, 2.75) is 0 Å². The Morgan fingerprint density at radius 3 is 2.70 bits per heavy atom. The summed E-state index contributed by atoms with van der Waals surface area (Å²) in [6.45, 7) is 0. The van der Waals surface area contributed by atoms with Crippen LogP contribution in [0.25, 0.3) is 0 Å². The summed E-state index contributed by atoms with van der Waals surface area (Å²) in [6.07, 6.45) is 6.44. The van der Waals surface area contributed by atoms with Crippen molar-refractivity contribution >= 4 is 11.5 Å². The van der Waals surface area contributed by atoms with E-state index in [4.69, 9.17) is 0 Å². The zero-order chi connectivity index (χ0) is 7.40. The zero-order valence-electron chi connectivity index (χ0n) is 5.57. The Morgan fingerprint density at radius 2 is 2.10 bits per heavy atom. The van der Waals surface area contributed by atoms with E-state index in [9.17, 15) is 4.79 Å². The van der Waals surface area contributed by atoms with Gasteiger partial charge in [-0.15, -0.1) is 0 Å². The Kier molecular flexibility index (Phi) is 1.99. The van der Waals surface area contributed by atoms with Crippen LogP contribution >= 0.6 is 0 Å². The summed E-state index contributed by atoms with van der Waals surface area (Å²) in [5.41, 5.74) is 0.338. The van der Waals surface area contributed by atoms with Gasteiger partial charge in [-0.1, -0.05) is 17.3 Å². The van der Waals surface area contributed by atoms with Crippen molar-refractivity contribution in [3.05, 3.63) is 24.3 Å². The molecule has 0 amide bonds. The molecule has 10 heavy (non-hydrogen) atoms. The fourth-order valence-corrected chi connectivity index (χ4v) is 0.631. The summed E-state index contributed by atoms with van der Waals surface area (Å²) in [4.78, 5) is 15.3. The predicted octanol–water partition coefficient (Wildman–Crippen LogP) is 0.684. The molecule has 0 spiro atoms. The highest BCUT2D eigenvalue weighted by Gasteiger charge is 2.06. The highest BCUT2D eigenvalue weighted by molar-refractivity contribution is 6.48. The van der Waals surface area contributed by atoms with Gasteiger partial charge in [0, 0.05) is 0 Å². The molecule has 0 unspecified atom stereocenters. The molecule has 3 nitrogen and oxygen atoms in total. The minimum Gasteiger partial charge on any atom is -0.399 e. The van der Waals surface area contributed by atoms with Gasteiger partial charge < -0.3 is 4.84 Å². The average Bonchev–Trinajstić information content (AvgIpc) is 1.94. The summed E-state index contributed by atoms with van der Waals surface area (Å²) in [7, 11) is 1.41. The molecule has 0 aromatic rings. The van der Waals surface area contributed by atoms with Crippen LogP contribution in [0.5, 0.6) is 0 Å². The van der Waals surface area contributed by atoms with Crippen LogP contribution in [0.4, 0.5) is 0 Å². The van der Waals surface area contributed by atoms with Gasteiger partial charge in [-0.2, -0.15) is 0 Å². The lowest BCUT2D eigenvalue weighted by Gasteiger charge is -1.96. The van der Waals surface area contributed by atoms with E-state index in [-0.39, 0.29) is 5.78 Å². The summed E-state index contributed by atoms with van der Waals surface area (Å²) >= 11 is 0. The Morgan fingerprint density at radius 1 is 1.40 bits per heavy atom. The third-order valence-corrected chi connectivity index (χ3v) is 1.05. The van der Waals surface area contributed by atoms with Crippen LogP contribution in [0, 0.1) is 0 Å². The molecule has 0 aromatic heterocycles. The molecule has 0 saturated carbocycles. The van der Waals surface area contributed by atoms with Crippen LogP contribution < -0.4 is 0 Å². The molecular formula is C7H7NO2. The van der Waals surface area contributed by atoms with Crippen molar-refractivity contribution in [1.29, 1.82) is 0 Å². The third-order valence-electron chi connectivity index (χ3n) is 1.05. The number of carbonyl (C=O) groups excluding carboxylic acids is 1. The monoisotopic (exact) mass is 137 g/mol. The summed E-state index contributed by atoms with van der Waals surface area (Å²) in [6, 6.07) is 0. The van der Waals surface area contributed by atoms with Crippen LogP contribution in [0.15, 0.2) is 29.5 Å². The second-order valence-electron chi connectivity index (χ2n) is 1.74. The van der Waals surface area contributed by atoms with Gasteiger partial charge in [-0.05, 0) is 12.2 Å². The third kappa shape index (κ3) is 1.31. The van der Waals surface area contributed by atoms with Crippen LogP contribution in [0.2, 0.25) is 0 Å². The lowest BCUT2D eigenvalue weighted by molar-refractivity contribution is -0.109. The molecule has 0 fully saturated rings. The first-order valence-electron chi connectivity index (χ1n) is 2.85. The first-order chi connectivity index (χ1) is 4.84. The van der Waals surface area contributed by atoms with Gasteiger partial charge in [0.05, 0.1) is 0 Å². The van der Waals surface area contributed by atoms with Gasteiger partial charge in [0.25, 0.3) is 0 Å². The standard InChI is InChI=1S/C7H7NO2/c1-10-8-6-4-2-3-5-7(6)9/h2-5H,1H3/b8-6+. The minimum atomic E-state index is -0.121. The largest absolute Gasteiger partial charge is 0.399 e. The Bertz CT molecular complexity index is 226. The lowest BCUT2D eigenvalue weighted by atomic mass is 10.1. The number of hydrogen-bond donors (Lipinski definition) is 0. The summed E-state index contributed by atoms with van der Waals surface area (Å²) in [5, 5.41) is 3.49. The zero-order valence-corrected chi connectivity index (χ0v) is 5.57. The Hall–Kier alpha value is -1.38. The predicted molar refractivity (Wildman–Crippen MR) is 37.7 cm³/mol. The minimum absolute atomic E-state index is 0.121. The SMILES string of the molecule is CO/N=C1\C=CC=CC1=O. The van der Waals surface area contributed by atoms with Gasteiger partial charge in [0.15, 0.2) is 0 Å². The van der Waals surface area contributed by atoms with Crippen molar-refractivity contribution in [2.24, 2.45) is 5.16 Å². The van der Waals surface area contributed by atoms with Gasteiger partial charge in [0.2, 0.25) is 5.78 Å². The van der Waals surface area contributed by atoms with Crippen LogP contribution in [-0.2, 0) is 9.63 Å². The van der Waals surface area contributed by atoms with Crippen molar-refractivity contribution in [3.63, 3.8) is 0 Å². The molecule has 1 aliphatic carbocycles. The van der Waals surface area contributed by atoms with Crippen molar-refractivity contribution in [2.75, 3.05) is 7.11 Å². The smallest absolute Gasteiger partial charge is 0.207 e. The van der Waals surface area contributed by atoms with Crippen LogP contribution in [-0.4, -0.2) is 18.6 Å². The average molecular weight is 137 g/mol. The molecule has 0 bridgehead atoms. The molecule has 0 heterocycles. The number of rotatable bonds is 1. The molecule has 0 N–H and O–H groups in total. The number of ketones is 1. The molecule has 52 valence electrons. The molecule has 0 atom stereocenters. The first kappa shape index (κ1) is 6.74. The molecule has 3 heteroatoms. The number of oxime groups is 1. The van der Waals surface area contributed by atoms with Crippen LogP contribution in [0.1, 0.15) is 0 Å². The van der Waals surface area contributed by atoms with Crippen molar-refractivity contribution < 1.29 is 9.63 Å². The van der Waals surface area contributed by atoms with E-state index >= 15 is 0 Å². The van der Waals surface area contributed by atoms with E-state index < -0.39 is 0 Å². The molecular weight excluding hydrogens is 130 g/mol. The second-order valence-corrected chi connectivity index (χ2v) is 1.74. The first-order valence-corrected chi connectivity index (χ1v) is 2.85. The number of carbonyl (C=O) groups is 1. The second kappa shape index (κ2) is 2.96. The fraction of sp³-hybridized carbons (Fsp3) is 0.143. The topological polar surface area (TPSA) is 38.7 Å². The molecule has 0 saturated heterocycles. The maximum atomic E-state index is 10.8. The van der Waals surface area contributed by atoms with E-state index in [0.717, 1.165) is 0 Å². The van der Waals surface area contributed by atoms with Crippen LogP contribution in [0.3, 0.4) is 0 Å². The molecule has 0 aromatic carbocycles. The van der Waals surface area contributed by atoms with E-state index in [1.807, 2.05) is 0 Å². The summed E-state index contributed by atoms with van der Waals surface area (Å²) < 4.78 is 0. The number of hydrogen-bond acceptors (Lipinski definition) is 3. The molecule has 1 rings (SSSR count). The molecule has 1 aliphatic rings. The molecule has 0 aliphatic heterocycles. The normalized spacial score (nSPS) is 20.1. The quantitative estimate of drug-likeness (QED) is 0.394. The number of allylic oxidation sites excluding steroid dienone is 4. The Balaban J connectivity index is 2.80. The lowest BCUT2D eigenvalue weighted by Crippen LogP contribution is -2.10. The Labute approximate surface area is 58.7 Å². The highest BCUT2D eigenvalue weighted by atomic mass is 16.6. The highest BCUT2D eigenvalue weighted by Crippen LogP contribution is 1.95. The van der Waals surface area contributed by atoms with Crippen molar-refractivity contribution in [1.82, 2.24) is 0 Å².